The number of hydrogen-bond acceptors (Lipinski definition) is 4. The Morgan fingerprint density at radius 1 is 1.56 bits per heavy atom. The van der Waals surface area contributed by atoms with Gasteiger partial charge in [0.25, 0.3) is 0 Å². The fraction of sp³-hybridized carbons (Fsp3) is 0.182. The van der Waals surface area contributed by atoms with Crippen LogP contribution < -0.4 is 0 Å². The van der Waals surface area contributed by atoms with Gasteiger partial charge in [0.15, 0.2) is 5.78 Å². The molecule has 1 unspecified atom stereocenters. The molecule has 0 aromatic carbocycles. The lowest BCUT2D eigenvalue weighted by Crippen LogP contribution is -1.91. The van der Waals surface area contributed by atoms with Gasteiger partial charge in [-0.05, 0) is 17.7 Å². The van der Waals surface area contributed by atoms with Crippen LogP contribution in [0.4, 0.5) is 0 Å². The zero-order valence-corrected chi connectivity index (χ0v) is 9.60. The number of allylic oxidation sites excluding steroid dienone is 2. The first-order valence-electron chi connectivity index (χ1n) is 4.50. The summed E-state index contributed by atoms with van der Waals surface area (Å²) in [7, 11) is 0. The topological polar surface area (TPSA) is 64.7 Å². The zero-order valence-electron chi connectivity index (χ0n) is 8.03. The minimum absolute atomic E-state index is 0.0309. The Labute approximate surface area is 101 Å². The maximum atomic E-state index is 11.6. The van der Waals surface area contributed by atoms with Crippen LogP contribution in [0.2, 0.25) is 4.34 Å². The third kappa shape index (κ3) is 1.74. The molecule has 0 radical (unpaired) electrons. The smallest absolute Gasteiger partial charge is 0.174 e. The standard InChI is InChI=1S/C11H5ClN2OS/c12-10-3-8-7(1-6(4-13)5-14)2-9(15)11(8)16-10/h1,3,7H,2H2. The molecule has 78 valence electrons. The first-order chi connectivity index (χ1) is 7.65. The van der Waals surface area contributed by atoms with Gasteiger partial charge in [-0.1, -0.05) is 11.6 Å². The highest BCUT2D eigenvalue weighted by molar-refractivity contribution is 7.18. The van der Waals surface area contributed by atoms with Gasteiger partial charge < -0.3 is 0 Å². The molecular formula is C11H5ClN2OS. The zero-order chi connectivity index (χ0) is 11.7. The fourth-order valence-electron chi connectivity index (χ4n) is 1.72. The summed E-state index contributed by atoms with van der Waals surface area (Å²) < 4.78 is 0.562. The predicted octanol–water partition coefficient (Wildman–Crippen LogP) is 3.05. The summed E-state index contributed by atoms with van der Waals surface area (Å²) in [6.07, 6.45) is 1.86. The molecule has 0 amide bonds. The summed E-state index contributed by atoms with van der Waals surface area (Å²) in [5.74, 6) is -0.149. The van der Waals surface area contributed by atoms with Crippen LogP contribution in [0.3, 0.4) is 0 Å². The average Bonchev–Trinajstić information content (AvgIpc) is 2.76. The molecule has 5 heteroatoms. The second-order valence-corrected chi connectivity index (χ2v) is 5.06. The van der Waals surface area contributed by atoms with Crippen molar-refractivity contribution in [2.24, 2.45) is 0 Å². The van der Waals surface area contributed by atoms with Crippen molar-refractivity contribution in [2.45, 2.75) is 12.3 Å². The molecule has 2 rings (SSSR count). The number of Topliss-reactive ketones (excluding diaryl/α,β-unsaturated/α-hetero) is 1. The van der Waals surface area contributed by atoms with Crippen molar-refractivity contribution in [1.29, 1.82) is 10.5 Å². The van der Waals surface area contributed by atoms with Crippen LogP contribution >= 0.6 is 22.9 Å². The molecular weight excluding hydrogens is 244 g/mol. The van der Waals surface area contributed by atoms with Crippen molar-refractivity contribution in [1.82, 2.24) is 0 Å². The van der Waals surface area contributed by atoms with Crippen molar-refractivity contribution < 1.29 is 4.79 Å². The Bertz CT molecular complexity index is 558. The molecule has 1 atom stereocenters. The maximum absolute atomic E-state index is 11.6. The molecule has 0 spiro atoms. The van der Waals surface area contributed by atoms with Crippen LogP contribution in [0.25, 0.3) is 0 Å². The molecule has 1 heterocycles. The Balaban J connectivity index is 2.42. The van der Waals surface area contributed by atoms with Gasteiger partial charge in [0.1, 0.15) is 17.7 Å². The van der Waals surface area contributed by atoms with E-state index in [4.69, 9.17) is 22.1 Å². The minimum atomic E-state index is -0.180. The third-order valence-electron chi connectivity index (χ3n) is 2.40. The summed E-state index contributed by atoms with van der Waals surface area (Å²) in [6.45, 7) is 0. The molecule has 0 saturated heterocycles. The van der Waals surface area contributed by atoms with E-state index in [0.29, 0.717) is 15.6 Å². The van der Waals surface area contributed by atoms with Gasteiger partial charge in [0.2, 0.25) is 0 Å². The second kappa shape index (κ2) is 4.09. The highest BCUT2D eigenvalue weighted by Crippen LogP contribution is 2.41. The molecule has 0 N–H and O–H groups in total. The van der Waals surface area contributed by atoms with E-state index >= 15 is 0 Å². The highest BCUT2D eigenvalue weighted by Gasteiger charge is 2.30. The second-order valence-electron chi connectivity index (χ2n) is 3.37. The number of carbonyl (C=O) groups is 1. The van der Waals surface area contributed by atoms with Gasteiger partial charge in [-0.15, -0.1) is 11.3 Å². The minimum Gasteiger partial charge on any atom is -0.293 e. The van der Waals surface area contributed by atoms with Crippen molar-refractivity contribution >= 4 is 28.7 Å². The van der Waals surface area contributed by atoms with E-state index in [-0.39, 0.29) is 17.3 Å². The summed E-state index contributed by atoms with van der Waals surface area (Å²) in [6, 6.07) is 5.32. The molecule has 1 aliphatic rings. The van der Waals surface area contributed by atoms with Crippen LogP contribution in [0.1, 0.15) is 27.6 Å². The van der Waals surface area contributed by atoms with E-state index in [2.05, 4.69) is 0 Å². The quantitative estimate of drug-likeness (QED) is 0.718. The van der Waals surface area contributed by atoms with Crippen LogP contribution in [-0.4, -0.2) is 5.78 Å². The van der Waals surface area contributed by atoms with Crippen LogP contribution in [0.5, 0.6) is 0 Å². The number of rotatable bonds is 1. The monoisotopic (exact) mass is 248 g/mol. The van der Waals surface area contributed by atoms with Gasteiger partial charge in [-0.2, -0.15) is 10.5 Å². The van der Waals surface area contributed by atoms with Crippen LogP contribution in [0, 0.1) is 22.7 Å². The van der Waals surface area contributed by atoms with E-state index in [9.17, 15) is 4.79 Å². The number of carbonyl (C=O) groups excluding carboxylic acids is 1. The van der Waals surface area contributed by atoms with Gasteiger partial charge in [-0.25, -0.2) is 0 Å². The van der Waals surface area contributed by atoms with E-state index < -0.39 is 0 Å². The molecule has 0 aliphatic heterocycles. The number of nitrogens with zero attached hydrogens (tertiary/aromatic N) is 2. The summed E-state index contributed by atoms with van der Waals surface area (Å²) in [5.41, 5.74) is 0.871. The number of ketones is 1. The first-order valence-corrected chi connectivity index (χ1v) is 5.69. The summed E-state index contributed by atoms with van der Waals surface area (Å²) >= 11 is 7.08. The molecule has 1 aromatic heterocycles. The highest BCUT2D eigenvalue weighted by atomic mass is 35.5. The first kappa shape index (κ1) is 10.9. The number of hydrogen-bond donors (Lipinski definition) is 0. The van der Waals surface area contributed by atoms with Gasteiger partial charge >= 0.3 is 0 Å². The largest absolute Gasteiger partial charge is 0.293 e. The lowest BCUT2D eigenvalue weighted by atomic mass is 10.0. The van der Waals surface area contributed by atoms with Crippen molar-refractivity contribution in [2.75, 3.05) is 0 Å². The van der Waals surface area contributed by atoms with E-state index in [0.717, 1.165) is 5.56 Å². The van der Waals surface area contributed by atoms with E-state index in [1.807, 2.05) is 0 Å². The number of fused-ring (bicyclic) bond motifs is 1. The molecule has 1 aliphatic carbocycles. The Kier molecular flexibility index (Phi) is 2.78. The van der Waals surface area contributed by atoms with Gasteiger partial charge in [0, 0.05) is 12.3 Å². The van der Waals surface area contributed by atoms with Crippen molar-refractivity contribution in [3.05, 3.63) is 32.5 Å². The molecule has 3 nitrogen and oxygen atoms in total. The third-order valence-corrected chi connectivity index (χ3v) is 3.72. The Morgan fingerprint density at radius 3 is 2.88 bits per heavy atom. The predicted molar refractivity (Wildman–Crippen MR) is 60.3 cm³/mol. The normalized spacial score (nSPS) is 17.4. The van der Waals surface area contributed by atoms with Crippen molar-refractivity contribution in [3.63, 3.8) is 0 Å². The lowest BCUT2D eigenvalue weighted by Gasteiger charge is -2.00. The number of thiophene rings is 1. The van der Waals surface area contributed by atoms with E-state index in [1.165, 1.54) is 17.4 Å². The maximum Gasteiger partial charge on any atom is 0.174 e. The van der Waals surface area contributed by atoms with Crippen LogP contribution in [0.15, 0.2) is 17.7 Å². The fourth-order valence-corrected chi connectivity index (χ4v) is 2.97. The van der Waals surface area contributed by atoms with Gasteiger partial charge in [-0.3, -0.25) is 4.79 Å². The average molecular weight is 249 g/mol. The summed E-state index contributed by atoms with van der Waals surface area (Å²) in [4.78, 5) is 12.3. The van der Waals surface area contributed by atoms with Gasteiger partial charge in [0.05, 0.1) is 9.21 Å². The van der Waals surface area contributed by atoms with Crippen LogP contribution in [-0.2, 0) is 0 Å². The number of nitriles is 2. The number of halogens is 1. The lowest BCUT2D eigenvalue weighted by molar-refractivity contribution is 0.0995. The molecule has 16 heavy (non-hydrogen) atoms. The van der Waals surface area contributed by atoms with E-state index in [1.54, 1.807) is 18.2 Å². The Morgan fingerprint density at radius 2 is 2.25 bits per heavy atom. The Hall–Kier alpha value is -1.62. The molecule has 0 bridgehead atoms. The SMILES string of the molecule is N#CC(C#N)=CC1CC(=O)c2sc(Cl)cc21. The molecule has 0 saturated carbocycles. The van der Waals surface area contributed by atoms with Crippen molar-refractivity contribution in [3.8, 4) is 12.1 Å². The summed E-state index contributed by atoms with van der Waals surface area (Å²) in [5, 5.41) is 17.3. The molecule has 0 fully saturated rings. The molecule has 1 aromatic rings.